The molecule has 0 aliphatic heterocycles. The second-order valence-electron chi connectivity index (χ2n) is 9.04. The molecule has 1 unspecified atom stereocenters. The highest BCUT2D eigenvalue weighted by Crippen LogP contribution is 2.38. The van der Waals surface area contributed by atoms with E-state index in [4.69, 9.17) is 9.72 Å². The van der Waals surface area contributed by atoms with Crippen molar-refractivity contribution in [2.75, 3.05) is 17.7 Å². The lowest BCUT2D eigenvalue weighted by molar-refractivity contribution is -0.115. The van der Waals surface area contributed by atoms with Gasteiger partial charge in [0, 0.05) is 22.7 Å². The van der Waals surface area contributed by atoms with Gasteiger partial charge in [0.1, 0.15) is 16.1 Å². The predicted molar refractivity (Wildman–Crippen MR) is 136 cm³/mol. The van der Waals surface area contributed by atoms with Crippen LogP contribution in [0, 0.1) is 17.2 Å². The van der Waals surface area contributed by atoms with Crippen molar-refractivity contribution in [1.82, 2.24) is 4.98 Å². The maximum Gasteiger partial charge on any atom is 0.341 e. The molecule has 0 spiro atoms. The van der Waals surface area contributed by atoms with Gasteiger partial charge in [-0.15, -0.1) is 23.1 Å². The molecule has 0 saturated carbocycles. The zero-order valence-electron chi connectivity index (χ0n) is 19.9. The number of aryl methyl sites for hydroxylation is 2. The molecule has 0 saturated heterocycles. The Morgan fingerprint density at radius 1 is 1.29 bits per heavy atom. The van der Waals surface area contributed by atoms with Crippen LogP contribution in [-0.2, 0) is 35.2 Å². The summed E-state index contributed by atoms with van der Waals surface area (Å²) in [5.74, 6) is 0.648. The van der Waals surface area contributed by atoms with E-state index in [0.29, 0.717) is 39.4 Å². The number of ether oxygens (including phenoxy) is 1. The van der Waals surface area contributed by atoms with Crippen molar-refractivity contribution >= 4 is 40.0 Å². The summed E-state index contributed by atoms with van der Waals surface area (Å²) in [7, 11) is 0. The Bertz CT molecular complexity index is 1120. The number of nitrogens with one attached hydrogen (secondary N) is 1. The van der Waals surface area contributed by atoms with E-state index >= 15 is 0 Å². The molecule has 1 N–H and O–H groups in total. The molecule has 2 aliphatic carbocycles. The van der Waals surface area contributed by atoms with Gasteiger partial charge in [0.25, 0.3) is 0 Å². The molecule has 6 nitrogen and oxygen atoms in total. The van der Waals surface area contributed by atoms with Gasteiger partial charge in [0.05, 0.1) is 17.7 Å². The van der Waals surface area contributed by atoms with Gasteiger partial charge in [0.15, 0.2) is 0 Å². The van der Waals surface area contributed by atoms with Gasteiger partial charge < -0.3 is 10.1 Å². The number of hydrogen-bond donors (Lipinski definition) is 1. The molecule has 2 aromatic rings. The summed E-state index contributed by atoms with van der Waals surface area (Å²) in [4.78, 5) is 31.4. The summed E-state index contributed by atoms with van der Waals surface area (Å²) in [6.45, 7) is 4.33. The van der Waals surface area contributed by atoms with E-state index in [1.165, 1.54) is 33.5 Å². The maximum atomic E-state index is 12.8. The fourth-order valence-corrected chi connectivity index (χ4v) is 6.91. The third kappa shape index (κ3) is 5.64. The van der Waals surface area contributed by atoms with Crippen LogP contribution in [0.5, 0.6) is 0 Å². The number of pyridine rings is 1. The number of aromatic nitrogens is 1. The van der Waals surface area contributed by atoms with Crippen LogP contribution in [0.25, 0.3) is 0 Å². The van der Waals surface area contributed by atoms with Crippen LogP contribution in [0.3, 0.4) is 0 Å². The zero-order chi connectivity index (χ0) is 24.1. The highest BCUT2D eigenvalue weighted by atomic mass is 32.2. The van der Waals surface area contributed by atoms with Crippen molar-refractivity contribution < 1.29 is 14.3 Å². The fourth-order valence-electron chi connectivity index (χ4n) is 4.70. The maximum absolute atomic E-state index is 12.8. The first-order chi connectivity index (χ1) is 16.5. The van der Waals surface area contributed by atoms with Crippen LogP contribution in [0.2, 0.25) is 0 Å². The number of carbonyl (C=O) groups excluding carboxylic acids is 2. The van der Waals surface area contributed by atoms with E-state index in [1.54, 1.807) is 6.92 Å². The van der Waals surface area contributed by atoms with Crippen LogP contribution in [-0.4, -0.2) is 29.2 Å². The Balaban J connectivity index is 1.42. The standard InChI is InChI=1S/C26H31N3O3S2/c1-3-32-26(31)23-19-7-5-4-6-8-21(19)34-25(23)29-22(30)11-12-33-24-18(15-27)14-17-13-16(2)9-10-20(17)28-24/h14,16H,3-13H2,1-2H3,(H,29,30). The van der Waals surface area contributed by atoms with E-state index in [2.05, 4.69) is 18.3 Å². The van der Waals surface area contributed by atoms with E-state index in [9.17, 15) is 14.9 Å². The largest absolute Gasteiger partial charge is 0.462 e. The smallest absolute Gasteiger partial charge is 0.341 e. The highest BCUT2D eigenvalue weighted by molar-refractivity contribution is 7.99. The Kier molecular flexibility index (Phi) is 8.28. The van der Waals surface area contributed by atoms with Gasteiger partial charge in [-0.1, -0.05) is 13.3 Å². The Hall–Kier alpha value is -2.37. The van der Waals surface area contributed by atoms with Gasteiger partial charge in [0.2, 0.25) is 5.91 Å². The molecule has 0 aromatic carbocycles. The average Bonchev–Trinajstić information content (AvgIpc) is 2.98. The van der Waals surface area contributed by atoms with Gasteiger partial charge in [-0.25, -0.2) is 9.78 Å². The number of carbonyl (C=O) groups is 2. The Labute approximate surface area is 209 Å². The molecule has 0 bridgehead atoms. The van der Waals surface area contributed by atoms with E-state index in [1.807, 2.05) is 6.07 Å². The molecule has 0 radical (unpaired) electrons. The summed E-state index contributed by atoms with van der Waals surface area (Å²) in [6.07, 6.45) is 8.41. The minimum absolute atomic E-state index is 0.139. The van der Waals surface area contributed by atoms with Gasteiger partial charge >= 0.3 is 5.97 Å². The van der Waals surface area contributed by atoms with Crippen molar-refractivity contribution in [2.24, 2.45) is 5.92 Å². The molecule has 180 valence electrons. The number of fused-ring (bicyclic) bond motifs is 2. The summed E-state index contributed by atoms with van der Waals surface area (Å²) in [5, 5.41) is 13.9. The number of thiophene rings is 1. The van der Waals surface area contributed by atoms with E-state index in [0.717, 1.165) is 62.6 Å². The van der Waals surface area contributed by atoms with Crippen molar-refractivity contribution in [1.29, 1.82) is 5.26 Å². The molecule has 1 atom stereocenters. The second-order valence-corrected chi connectivity index (χ2v) is 11.2. The molecule has 1 amide bonds. The monoisotopic (exact) mass is 497 g/mol. The van der Waals surface area contributed by atoms with Crippen LogP contribution >= 0.6 is 23.1 Å². The topological polar surface area (TPSA) is 92.1 Å². The molecule has 2 heterocycles. The van der Waals surface area contributed by atoms with Crippen molar-refractivity contribution in [3.63, 3.8) is 0 Å². The number of rotatable bonds is 7. The number of thioether (sulfide) groups is 1. The van der Waals surface area contributed by atoms with Gasteiger partial charge in [-0.2, -0.15) is 5.26 Å². The highest BCUT2D eigenvalue weighted by Gasteiger charge is 2.26. The van der Waals surface area contributed by atoms with Crippen LogP contribution in [0.15, 0.2) is 11.1 Å². The minimum atomic E-state index is -0.349. The van der Waals surface area contributed by atoms with E-state index in [-0.39, 0.29) is 18.3 Å². The first-order valence-electron chi connectivity index (χ1n) is 12.2. The third-order valence-corrected chi connectivity index (χ3v) is 8.64. The van der Waals surface area contributed by atoms with Crippen LogP contribution in [0.4, 0.5) is 5.00 Å². The molecule has 0 fully saturated rings. The molecule has 8 heteroatoms. The first kappa shape index (κ1) is 24.7. The van der Waals surface area contributed by atoms with Crippen molar-refractivity contribution in [3.05, 3.63) is 38.9 Å². The molecule has 4 rings (SSSR count). The molecular weight excluding hydrogens is 466 g/mol. The SMILES string of the molecule is CCOC(=O)c1c(NC(=O)CCSc2nc3c(cc2C#N)CC(C)CC3)sc2c1CCCCC2. The van der Waals surface area contributed by atoms with Gasteiger partial charge in [-0.05, 0) is 75.0 Å². The number of nitrogens with zero attached hydrogens (tertiary/aromatic N) is 2. The third-order valence-electron chi connectivity index (χ3n) is 6.44. The fraction of sp³-hybridized carbons (Fsp3) is 0.538. The minimum Gasteiger partial charge on any atom is -0.462 e. The normalized spacial score (nSPS) is 17.1. The molecule has 34 heavy (non-hydrogen) atoms. The number of esters is 1. The average molecular weight is 498 g/mol. The molecule has 2 aliphatic rings. The Morgan fingerprint density at radius 2 is 2.12 bits per heavy atom. The first-order valence-corrected chi connectivity index (χ1v) is 14.0. The van der Waals surface area contributed by atoms with Gasteiger partial charge in [-0.3, -0.25) is 4.79 Å². The number of anilines is 1. The van der Waals surface area contributed by atoms with Crippen LogP contribution in [0.1, 0.15) is 83.6 Å². The summed E-state index contributed by atoms with van der Waals surface area (Å²) >= 11 is 2.96. The molecular formula is C26H31N3O3S2. The van der Waals surface area contributed by atoms with E-state index < -0.39 is 0 Å². The summed E-state index contributed by atoms with van der Waals surface area (Å²) in [5.41, 5.74) is 4.45. The predicted octanol–water partition coefficient (Wildman–Crippen LogP) is 5.71. The zero-order valence-corrected chi connectivity index (χ0v) is 21.5. The quantitative estimate of drug-likeness (QED) is 0.299. The number of nitriles is 1. The number of hydrogen-bond acceptors (Lipinski definition) is 7. The van der Waals surface area contributed by atoms with Crippen molar-refractivity contribution in [3.8, 4) is 6.07 Å². The lowest BCUT2D eigenvalue weighted by Gasteiger charge is -2.21. The lowest BCUT2D eigenvalue weighted by atomic mass is 9.87. The van der Waals surface area contributed by atoms with Crippen LogP contribution < -0.4 is 5.32 Å². The number of amides is 1. The summed E-state index contributed by atoms with van der Waals surface area (Å²) in [6, 6.07) is 4.25. The van der Waals surface area contributed by atoms with Crippen molar-refractivity contribution in [2.45, 2.75) is 76.7 Å². The second kappa shape index (κ2) is 11.4. The Morgan fingerprint density at radius 3 is 2.91 bits per heavy atom. The lowest BCUT2D eigenvalue weighted by Crippen LogP contribution is -2.16. The summed E-state index contributed by atoms with van der Waals surface area (Å²) < 4.78 is 5.31. The molecule has 2 aromatic heterocycles.